The van der Waals surface area contributed by atoms with Crippen LogP contribution in [0.15, 0.2) is 12.1 Å². The van der Waals surface area contributed by atoms with Crippen LogP contribution in [0.1, 0.15) is 30.5 Å². The Balaban J connectivity index is 3.09. The SMILES string of the molecule is COC(=O)NCC(C)(C)c1c(C)cc(C)cc1OC. The molecule has 1 amide bonds. The van der Waals surface area contributed by atoms with Gasteiger partial charge in [0.15, 0.2) is 0 Å². The summed E-state index contributed by atoms with van der Waals surface area (Å²) in [4.78, 5) is 11.2. The van der Waals surface area contributed by atoms with E-state index in [2.05, 4.69) is 36.9 Å². The fourth-order valence-electron chi connectivity index (χ4n) is 2.41. The predicted octanol–water partition coefficient (Wildman–Crippen LogP) is 2.95. The van der Waals surface area contributed by atoms with Crippen LogP contribution in [0, 0.1) is 13.8 Å². The molecule has 0 aliphatic rings. The number of ether oxygens (including phenoxy) is 2. The summed E-state index contributed by atoms with van der Waals surface area (Å²) in [6.07, 6.45) is -0.420. The van der Waals surface area contributed by atoms with Crippen LogP contribution in [-0.4, -0.2) is 26.9 Å². The lowest BCUT2D eigenvalue weighted by Crippen LogP contribution is -2.37. The number of amides is 1. The lowest BCUT2D eigenvalue weighted by molar-refractivity contribution is 0.168. The van der Waals surface area contributed by atoms with Crippen LogP contribution in [0.5, 0.6) is 5.75 Å². The average molecular weight is 265 g/mol. The Morgan fingerprint density at radius 2 is 1.89 bits per heavy atom. The van der Waals surface area contributed by atoms with Gasteiger partial charge in [-0.15, -0.1) is 0 Å². The maximum atomic E-state index is 11.2. The number of hydrogen-bond donors (Lipinski definition) is 1. The molecule has 0 aliphatic carbocycles. The van der Waals surface area contributed by atoms with Crippen LogP contribution < -0.4 is 10.1 Å². The number of carbonyl (C=O) groups excluding carboxylic acids is 1. The minimum Gasteiger partial charge on any atom is -0.496 e. The van der Waals surface area contributed by atoms with Gasteiger partial charge >= 0.3 is 6.09 Å². The summed E-state index contributed by atoms with van der Waals surface area (Å²) >= 11 is 0. The van der Waals surface area contributed by atoms with Crippen molar-refractivity contribution in [1.29, 1.82) is 0 Å². The van der Waals surface area contributed by atoms with Crippen molar-refractivity contribution in [3.63, 3.8) is 0 Å². The van der Waals surface area contributed by atoms with Crippen molar-refractivity contribution in [3.8, 4) is 5.75 Å². The molecule has 0 atom stereocenters. The number of aryl methyl sites for hydroxylation is 2. The second-order valence-electron chi connectivity index (χ2n) is 5.39. The molecule has 4 nitrogen and oxygen atoms in total. The summed E-state index contributed by atoms with van der Waals surface area (Å²) in [5.74, 6) is 0.856. The molecule has 0 heterocycles. The highest BCUT2D eigenvalue weighted by Gasteiger charge is 2.27. The van der Waals surface area contributed by atoms with E-state index in [1.807, 2.05) is 13.0 Å². The Bertz CT molecular complexity index is 467. The lowest BCUT2D eigenvalue weighted by Gasteiger charge is -2.29. The van der Waals surface area contributed by atoms with Gasteiger partial charge in [-0.1, -0.05) is 19.9 Å². The molecule has 1 rings (SSSR count). The quantitative estimate of drug-likeness (QED) is 0.910. The molecule has 0 fully saturated rings. The zero-order chi connectivity index (χ0) is 14.6. The Morgan fingerprint density at radius 3 is 2.42 bits per heavy atom. The van der Waals surface area contributed by atoms with E-state index >= 15 is 0 Å². The lowest BCUT2D eigenvalue weighted by atomic mass is 9.80. The number of methoxy groups -OCH3 is 2. The van der Waals surface area contributed by atoms with E-state index in [4.69, 9.17) is 4.74 Å². The Hall–Kier alpha value is -1.71. The second kappa shape index (κ2) is 5.95. The third kappa shape index (κ3) is 3.63. The predicted molar refractivity (Wildman–Crippen MR) is 75.9 cm³/mol. The number of alkyl carbamates (subject to hydrolysis) is 1. The van der Waals surface area contributed by atoms with Crippen molar-refractivity contribution in [2.24, 2.45) is 0 Å². The maximum Gasteiger partial charge on any atom is 0.406 e. The van der Waals surface area contributed by atoms with Crippen molar-refractivity contribution in [3.05, 3.63) is 28.8 Å². The minimum absolute atomic E-state index is 0.239. The average Bonchev–Trinajstić information content (AvgIpc) is 2.34. The molecule has 1 N–H and O–H groups in total. The molecular formula is C15H23NO3. The van der Waals surface area contributed by atoms with Gasteiger partial charge in [0.2, 0.25) is 0 Å². The zero-order valence-electron chi connectivity index (χ0n) is 12.6. The van der Waals surface area contributed by atoms with E-state index in [-0.39, 0.29) is 5.41 Å². The minimum atomic E-state index is -0.420. The first-order valence-electron chi connectivity index (χ1n) is 6.29. The second-order valence-corrected chi connectivity index (χ2v) is 5.39. The monoisotopic (exact) mass is 265 g/mol. The first kappa shape index (κ1) is 15.3. The Kier molecular flexibility index (Phi) is 4.81. The van der Waals surface area contributed by atoms with Crippen LogP contribution in [0.4, 0.5) is 4.79 Å². The van der Waals surface area contributed by atoms with Crippen molar-refractivity contribution in [1.82, 2.24) is 5.32 Å². The topological polar surface area (TPSA) is 47.6 Å². The third-order valence-corrected chi connectivity index (χ3v) is 3.20. The molecule has 0 saturated carbocycles. The molecule has 1 aromatic carbocycles. The van der Waals surface area contributed by atoms with E-state index in [1.54, 1.807) is 7.11 Å². The zero-order valence-corrected chi connectivity index (χ0v) is 12.6. The molecule has 0 unspecified atom stereocenters. The van der Waals surface area contributed by atoms with Crippen molar-refractivity contribution < 1.29 is 14.3 Å². The highest BCUT2D eigenvalue weighted by molar-refractivity contribution is 5.67. The normalized spacial score (nSPS) is 11.1. The molecule has 0 bridgehead atoms. The van der Waals surface area contributed by atoms with Gasteiger partial charge in [0.25, 0.3) is 0 Å². The highest BCUT2D eigenvalue weighted by Crippen LogP contribution is 2.35. The molecule has 0 radical (unpaired) electrons. The van der Waals surface area contributed by atoms with E-state index in [1.165, 1.54) is 7.11 Å². The highest BCUT2D eigenvalue weighted by atomic mass is 16.5. The van der Waals surface area contributed by atoms with Gasteiger partial charge < -0.3 is 14.8 Å². The van der Waals surface area contributed by atoms with Crippen LogP contribution >= 0.6 is 0 Å². The number of hydrogen-bond acceptors (Lipinski definition) is 3. The standard InChI is InChI=1S/C15H23NO3/c1-10-7-11(2)13(12(8-10)18-5)15(3,4)9-16-14(17)19-6/h7-8H,9H2,1-6H3,(H,16,17). The van der Waals surface area contributed by atoms with Gasteiger partial charge in [0, 0.05) is 17.5 Å². The third-order valence-electron chi connectivity index (χ3n) is 3.20. The van der Waals surface area contributed by atoms with Crippen LogP contribution in [0.3, 0.4) is 0 Å². The molecule has 19 heavy (non-hydrogen) atoms. The number of carbonyl (C=O) groups is 1. The van der Waals surface area contributed by atoms with Crippen LogP contribution in [-0.2, 0) is 10.2 Å². The summed E-state index contributed by atoms with van der Waals surface area (Å²) in [5.41, 5.74) is 3.19. The summed E-state index contributed by atoms with van der Waals surface area (Å²) in [5, 5.41) is 2.75. The van der Waals surface area contributed by atoms with Gasteiger partial charge in [-0.3, -0.25) is 0 Å². The summed E-state index contributed by atoms with van der Waals surface area (Å²) in [6.45, 7) is 8.73. The number of nitrogens with one attached hydrogen (secondary N) is 1. The van der Waals surface area contributed by atoms with Gasteiger partial charge in [-0.05, 0) is 31.0 Å². The van der Waals surface area contributed by atoms with Crippen molar-refractivity contribution in [2.45, 2.75) is 33.1 Å². The number of rotatable bonds is 4. The first-order chi connectivity index (χ1) is 8.81. The molecule has 106 valence electrons. The number of benzene rings is 1. The summed E-state index contributed by atoms with van der Waals surface area (Å²) < 4.78 is 10.1. The maximum absolute atomic E-state index is 11.2. The van der Waals surface area contributed by atoms with Crippen molar-refractivity contribution >= 4 is 6.09 Å². The van der Waals surface area contributed by atoms with Gasteiger partial charge in [-0.25, -0.2) is 4.79 Å². The molecular weight excluding hydrogens is 242 g/mol. The van der Waals surface area contributed by atoms with E-state index in [9.17, 15) is 4.79 Å². The van der Waals surface area contributed by atoms with Crippen LogP contribution in [0.25, 0.3) is 0 Å². The molecule has 4 heteroatoms. The Labute approximate surface area is 115 Å². The summed E-state index contributed by atoms with van der Waals surface area (Å²) in [7, 11) is 3.03. The molecule has 0 saturated heterocycles. The van der Waals surface area contributed by atoms with E-state index in [0.717, 1.165) is 22.4 Å². The van der Waals surface area contributed by atoms with Crippen LogP contribution in [0.2, 0.25) is 0 Å². The smallest absolute Gasteiger partial charge is 0.406 e. The van der Waals surface area contributed by atoms with E-state index in [0.29, 0.717) is 6.54 Å². The van der Waals surface area contributed by atoms with Gasteiger partial charge in [0.1, 0.15) is 5.75 Å². The largest absolute Gasteiger partial charge is 0.496 e. The van der Waals surface area contributed by atoms with Gasteiger partial charge in [0.05, 0.1) is 14.2 Å². The molecule has 0 aromatic heterocycles. The fourth-order valence-corrected chi connectivity index (χ4v) is 2.41. The van der Waals surface area contributed by atoms with Gasteiger partial charge in [-0.2, -0.15) is 0 Å². The fraction of sp³-hybridized carbons (Fsp3) is 0.533. The Morgan fingerprint density at radius 1 is 1.26 bits per heavy atom. The molecule has 0 spiro atoms. The molecule has 1 aromatic rings. The molecule has 0 aliphatic heterocycles. The first-order valence-corrected chi connectivity index (χ1v) is 6.29. The van der Waals surface area contributed by atoms with Crippen molar-refractivity contribution in [2.75, 3.05) is 20.8 Å². The van der Waals surface area contributed by atoms with E-state index < -0.39 is 6.09 Å². The summed E-state index contributed by atoms with van der Waals surface area (Å²) in [6, 6.07) is 4.14.